The second-order valence-electron chi connectivity index (χ2n) is 4.66. The first-order chi connectivity index (χ1) is 8.95. The van der Waals surface area contributed by atoms with Crippen LogP contribution >= 0.6 is 11.6 Å². The van der Waals surface area contributed by atoms with E-state index in [2.05, 4.69) is 15.3 Å². The molecule has 0 saturated carbocycles. The summed E-state index contributed by atoms with van der Waals surface area (Å²) in [6, 6.07) is 6.31. The van der Waals surface area contributed by atoms with E-state index in [1.807, 2.05) is 26.8 Å². The molecule has 0 bridgehead atoms. The van der Waals surface area contributed by atoms with E-state index in [0.717, 1.165) is 11.5 Å². The van der Waals surface area contributed by atoms with Gasteiger partial charge in [-0.3, -0.25) is 0 Å². The van der Waals surface area contributed by atoms with Gasteiger partial charge in [0.25, 0.3) is 0 Å². The van der Waals surface area contributed by atoms with Crippen LogP contribution in [-0.4, -0.2) is 9.97 Å². The molecule has 3 nitrogen and oxygen atoms in total. The van der Waals surface area contributed by atoms with E-state index in [1.165, 1.54) is 12.1 Å². The van der Waals surface area contributed by atoms with Crippen LogP contribution in [0.4, 0.5) is 15.9 Å². The van der Waals surface area contributed by atoms with Crippen molar-refractivity contribution in [1.29, 1.82) is 0 Å². The number of nitrogens with one attached hydrogen (secondary N) is 1. The molecule has 0 fully saturated rings. The van der Waals surface area contributed by atoms with Crippen LogP contribution in [0.5, 0.6) is 0 Å². The molecule has 2 rings (SSSR count). The van der Waals surface area contributed by atoms with Crippen molar-refractivity contribution in [3.63, 3.8) is 0 Å². The lowest BCUT2D eigenvalue weighted by Crippen LogP contribution is -2.03. The van der Waals surface area contributed by atoms with Crippen molar-refractivity contribution in [2.45, 2.75) is 26.7 Å². The van der Waals surface area contributed by atoms with E-state index < -0.39 is 5.82 Å². The highest BCUT2D eigenvalue weighted by atomic mass is 35.5. The monoisotopic (exact) mass is 279 g/mol. The molecule has 0 saturated heterocycles. The third kappa shape index (κ3) is 3.41. The number of hydrogen-bond donors (Lipinski definition) is 1. The maximum atomic E-state index is 13.1. The van der Waals surface area contributed by atoms with E-state index in [1.54, 1.807) is 6.07 Å². The Morgan fingerprint density at radius 3 is 2.58 bits per heavy atom. The summed E-state index contributed by atoms with van der Waals surface area (Å²) in [7, 11) is 0. The smallest absolute Gasteiger partial charge is 0.141 e. The molecule has 1 N–H and O–H groups in total. The van der Waals surface area contributed by atoms with Gasteiger partial charge >= 0.3 is 0 Å². The molecule has 1 aromatic carbocycles. The molecule has 0 aliphatic rings. The van der Waals surface area contributed by atoms with Gasteiger partial charge in [-0.05, 0) is 25.1 Å². The maximum Gasteiger partial charge on any atom is 0.141 e. The summed E-state index contributed by atoms with van der Waals surface area (Å²) in [6.45, 7) is 5.98. The highest BCUT2D eigenvalue weighted by Crippen LogP contribution is 2.23. The molecule has 19 heavy (non-hydrogen) atoms. The fourth-order valence-corrected chi connectivity index (χ4v) is 1.82. The molecular formula is C14H15ClFN3. The van der Waals surface area contributed by atoms with E-state index >= 15 is 0 Å². The summed E-state index contributed by atoms with van der Waals surface area (Å²) in [5, 5.41) is 3.19. The van der Waals surface area contributed by atoms with Gasteiger partial charge in [0.2, 0.25) is 0 Å². The maximum absolute atomic E-state index is 13.1. The summed E-state index contributed by atoms with van der Waals surface area (Å²) in [5.41, 5.74) is 1.58. The molecule has 2 aromatic rings. The van der Waals surface area contributed by atoms with E-state index in [9.17, 15) is 4.39 Å². The predicted octanol–water partition coefficient (Wildman–Crippen LogP) is 4.44. The number of aryl methyl sites for hydroxylation is 1. The SMILES string of the molecule is Cc1cc(Nc2ccc(F)c(Cl)c2)nc(C(C)C)n1. The molecule has 100 valence electrons. The van der Waals surface area contributed by atoms with Gasteiger partial charge in [0.1, 0.15) is 17.5 Å². The molecule has 0 aliphatic carbocycles. The number of nitrogens with zero attached hydrogens (tertiary/aromatic N) is 2. The van der Waals surface area contributed by atoms with Crippen LogP contribution in [0.3, 0.4) is 0 Å². The third-order valence-electron chi connectivity index (χ3n) is 2.58. The zero-order chi connectivity index (χ0) is 14.0. The Kier molecular flexibility index (Phi) is 4.00. The van der Waals surface area contributed by atoms with Crippen molar-refractivity contribution in [1.82, 2.24) is 9.97 Å². The summed E-state index contributed by atoms with van der Waals surface area (Å²) in [4.78, 5) is 8.79. The van der Waals surface area contributed by atoms with Crippen LogP contribution < -0.4 is 5.32 Å². The number of aromatic nitrogens is 2. The largest absolute Gasteiger partial charge is 0.340 e. The zero-order valence-corrected chi connectivity index (χ0v) is 11.8. The first kappa shape index (κ1) is 13.7. The van der Waals surface area contributed by atoms with Crippen LogP contribution in [0, 0.1) is 12.7 Å². The molecular weight excluding hydrogens is 265 g/mol. The normalized spacial score (nSPS) is 10.8. The fourth-order valence-electron chi connectivity index (χ4n) is 1.64. The van der Waals surface area contributed by atoms with Gasteiger partial charge in [-0.25, -0.2) is 14.4 Å². The molecule has 0 aliphatic heterocycles. The van der Waals surface area contributed by atoms with Gasteiger partial charge in [-0.2, -0.15) is 0 Å². The number of benzene rings is 1. The minimum atomic E-state index is -0.436. The van der Waals surface area contributed by atoms with Crippen LogP contribution in [0.2, 0.25) is 5.02 Å². The predicted molar refractivity (Wildman–Crippen MR) is 75.6 cm³/mol. The summed E-state index contributed by atoms with van der Waals surface area (Å²) in [6.07, 6.45) is 0. The number of hydrogen-bond acceptors (Lipinski definition) is 3. The van der Waals surface area contributed by atoms with Crippen molar-refractivity contribution in [3.05, 3.63) is 46.6 Å². The minimum absolute atomic E-state index is 0.0832. The topological polar surface area (TPSA) is 37.8 Å². The van der Waals surface area contributed by atoms with Crippen molar-refractivity contribution in [2.75, 3.05) is 5.32 Å². The molecule has 1 heterocycles. The standard InChI is InChI=1S/C14H15ClFN3/c1-8(2)14-17-9(3)6-13(19-14)18-10-4-5-12(16)11(15)7-10/h4-8H,1-3H3,(H,17,18,19). The molecule has 5 heteroatoms. The second-order valence-corrected chi connectivity index (χ2v) is 5.07. The average molecular weight is 280 g/mol. The van der Waals surface area contributed by atoms with Gasteiger partial charge in [0.15, 0.2) is 0 Å². The van der Waals surface area contributed by atoms with Crippen LogP contribution in [0.25, 0.3) is 0 Å². The Bertz CT molecular complexity index is 599. The van der Waals surface area contributed by atoms with Gasteiger partial charge < -0.3 is 5.32 Å². The average Bonchev–Trinajstić information content (AvgIpc) is 2.33. The fraction of sp³-hybridized carbons (Fsp3) is 0.286. The molecule has 0 radical (unpaired) electrons. The van der Waals surface area contributed by atoms with Crippen molar-refractivity contribution < 1.29 is 4.39 Å². The Morgan fingerprint density at radius 1 is 1.21 bits per heavy atom. The first-order valence-electron chi connectivity index (χ1n) is 6.03. The van der Waals surface area contributed by atoms with Gasteiger partial charge in [0.05, 0.1) is 5.02 Å². The highest BCUT2D eigenvalue weighted by Gasteiger charge is 2.07. The van der Waals surface area contributed by atoms with Crippen molar-refractivity contribution in [2.24, 2.45) is 0 Å². The lowest BCUT2D eigenvalue weighted by Gasteiger charge is -2.10. The first-order valence-corrected chi connectivity index (χ1v) is 6.41. The zero-order valence-electron chi connectivity index (χ0n) is 11.0. The Labute approximate surface area is 116 Å². The van der Waals surface area contributed by atoms with E-state index in [4.69, 9.17) is 11.6 Å². The summed E-state index contributed by atoms with van der Waals surface area (Å²) < 4.78 is 13.1. The molecule has 1 aromatic heterocycles. The second kappa shape index (κ2) is 5.53. The van der Waals surface area contributed by atoms with Gasteiger partial charge in [-0.15, -0.1) is 0 Å². The van der Waals surface area contributed by atoms with Gasteiger partial charge in [0, 0.05) is 23.4 Å². The summed E-state index contributed by atoms with van der Waals surface area (Å²) >= 11 is 5.75. The number of rotatable bonds is 3. The van der Waals surface area contributed by atoms with Crippen LogP contribution in [-0.2, 0) is 0 Å². The summed E-state index contributed by atoms with van der Waals surface area (Å²) in [5.74, 6) is 1.26. The molecule has 0 atom stereocenters. The third-order valence-corrected chi connectivity index (χ3v) is 2.87. The molecule has 0 unspecified atom stereocenters. The Morgan fingerprint density at radius 2 is 1.95 bits per heavy atom. The van der Waals surface area contributed by atoms with Crippen LogP contribution in [0.15, 0.2) is 24.3 Å². The number of anilines is 2. The molecule has 0 amide bonds. The highest BCUT2D eigenvalue weighted by molar-refractivity contribution is 6.31. The quantitative estimate of drug-likeness (QED) is 0.902. The van der Waals surface area contributed by atoms with E-state index in [0.29, 0.717) is 11.5 Å². The van der Waals surface area contributed by atoms with Crippen molar-refractivity contribution in [3.8, 4) is 0 Å². The van der Waals surface area contributed by atoms with E-state index in [-0.39, 0.29) is 10.9 Å². The Hall–Kier alpha value is -1.68. The Balaban J connectivity index is 2.29. The number of halogens is 2. The van der Waals surface area contributed by atoms with Gasteiger partial charge in [-0.1, -0.05) is 25.4 Å². The van der Waals surface area contributed by atoms with Crippen molar-refractivity contribution >= 4 is 23.1 Å². The van der Waals surface area contributed by atoms with Crippen LogP contribution in [0.1, 0.15) is 31.3 Å². The lowest BCUT2D eigenvalue weighted by molar-refractivity contribution is 0.628. The minimum Gasteiger partial charge on any atom is -0.340 e. The lowest BCUT2D eigenvalue weighted by atomic mass is 10.2. The molecule has 0 spiro atoms.